The summed E-state index contributed by atoms with van der Waals surface area (Å²) in [6, 6.07) is 10.4. The minimum atomic E-state index is 0.794. The second kappa shape index (κ2) is 8.49. The number of aldehydes is 1. The number of unbranched alkanes of at least 4 members (excludes halogenated alkanes) is 1. The molecule has 0 amide bonds. The third-order valence-electron chi connectivity index (χ3n) is 2.16. The highest BCUT2D eigenvalue weighted by Crippen LogP contribution is 2.01. The van der Waals surface area contributed by atoms with Crippen LogP contribution in [0.2, 0.25) is 0 Å². The molecular weight excluding hydrogens is 196 g/mol. The third kappa shape index (κ3) is 5.82. The summed E-state index contributed by atoms with van der Waals surface area (Å²) in [5, 5.41) is 0. The second-order valence-electron chi connectivity index (χ2n) is 3.44. The molecule has 0 aliphatic heterocycles. The first-order chi connectivity index (χ1) is 7.93. The Labute approximate surface area is 97.2 Å². The summed E-state index contributed by atoms with van der Waals surface area (Å²) in [6.07, 6.45) is 7.77. The molecule has 0 saturated heterocycles. The normalized spacial score (nSPS) is 9.75. The van der Waals surface area contributed by atoms with Gasteiger partial charge in [0.1, 0.15) is 6.29 Å². The number of rotatable bonds is 5. The van der Waals surface area contributed by atoms with Crippen molar-refractivity contribution in [3.63, 3.8) is 0 Å². The summed E-state index contributed by atoms with van der Waals surface area (Å²) in [5.41, 5.74) is 1.33. The van der Waals surface area contributed by atoms with Crippen LogP contribution in [0.25, 0.3) is 0 Å². The Morgan fingerprint density at radius 2 is 1.81 bits per heavy atom. The van der Waals surface area contributed by atoms with E-state index in [-0.39, 0.29) is 0 Å². The van der Waals surface area contributed by atoms with Gasteiger partial charge in [0.15, 0.2) is 0 Å². The van der Waals surface area contributed by atoms with Crippen LogP contribution in [0.5, 0.6) is 0 Å². The Bertz CT molecular complexity index is 379. The zero-order chi connectivity index (χ0) is 11.5. The minimum Gasteiger partial charge on any atom is -0.299 e. The minimum absolute atomic E-state index is 0.794. The fraction of sp³-hybridized carbons (Fsp3) is 0.267. The van der Waals surface area contributed by atoms with Gasteiger partial charge in [0.05, 0.1) is 0 Å². The molecule has 1 heteroatoms. The largest absolute Gasteiger partial charge is 0.299 e. The van der Waals surface area contributed by atoms with E-state index in [4.69, 9.17) is 0 Å². The molecule has 0 radical (unpaired) electrons. The molecule has 16 heavy (non-hydrogen) atoms. The lowest BCUT2D eigenvalue weighted by Gasteiger charge is -1.94. The van der Waals surface area contributed by atoms with Crippen molar-refractivity contribution in [2.75, 3.05) is 0 Å². The summed E-state index contributed by atoms with van der Waals surface area (Å²) < 4.78 is 0. The smallest absolute Gasteiger partial charge is 0.142 e. The average Bonchev–Trinajstić information content (AvgIpc) is 2.34. The van der Waals surface area contributed by atoms with E-state index in [2.05, 4.69) is 24.0 Å². The van der Waals surface area contributed by atoms with Crippen molar-refractivity contribution in [3.05, 3.63) is 48.0 Å². The van der Waals surface area contributed by atoms with E-state index in [1.54, 1.807) is 0 Å². The molecule has 0 N–H and O–H groups in total. The molecule has 82 valence electrons. The number of allylic oxidation sites excluding steroid dienone is 2. The van der Waals surface area contributed by atoms with Gasteiger partial charge in [-0.2, -0.15) is 0 Å². The molecule has 0 spiro atoms. The van der Waals surface area contributed by atoms with E-state index in [0.29, 0.717) is 0 Å². The van der Waals surface area contributed by atoms with E-state index in [9.17, 15) is 4.79 Å². The summed E-state index contributed by atoms with van der Waals surface area (Å²) >= 11 is 0. The number of hydrogen-bond acceptors (Lipinski definition) is 1. The maximum absolute atomic E-state index is 9.97. The Morgan fingerprint density at radius 3 is 2.56 bits per heavy atom. The van der Waals surface area contributed by atoms with Crippen molar-refractivity contribution in [3.8, 4) is 11.8 Å². The predicted octanol–water partition coefficient (Wildman–Crippen LogP) is 3.16. The van der Waals surface area contributed by atoms with Crippen molar-refractivity contribution in [1.29, 1.82) is 0 Å². The first-order valence-electron chi connectivity index (χ1n) is 5.53. The summed E-state index contributed by atoms with van der Waals surface area (Å²) in [4.78, 5) is 9.97. The van der Waals surface area contributed by atoms with Gasteiger partial charge in [-0.05, 0) is 24.5 Å². The van der Waals surface area contributed by atoms with Crippen LogP contribution >= 0.6 is 0 Å². The molecule has 1 aromatic rings. The Morgan fingerprint density at radius 1 is 1.06 bits per heavy atom. The Kier molecular flexibility index (Phi) is 6.51. The lowest BCUT2D eigenvalue weighted by molar-refractivity contribution is -0.104. The van der Waals surface area contributed by atoms with Crippen LogP contribution in [0.15, 0.2) is 42.5 Å². The van der Waals surface area contributed by atoms with Gasteiger partial charge in [0.2, 0.25) is 0 Å². The van der Waals surface area contributed by atoms with Crippen LogP contribution < -0.4 is 0 Å². The van der Waals surface area contributed by atoms with E-state index in [0.717, 1.165) is 32.0 Å². The highest BCUT2D eigenvalue weighted by Gasteiger charge is 1.87. The van der Waals surface area contributed by atoms with Gasteiger partial charge in [0.25, 0.3) is 0 Å². The number of carbonyl (C=O) groups excluding carboxylic acids is 1. The summed E-state index contributed by atoms with van der Waals surface area (Å²) in [5.74, 6) is 6.24. The number of hydrogen-bond donors (Lipinski definition) is 0. The molecule has 0 unspecified atom stereocenters. The van der Waals surface area contributed by atoms with E-state index < -0.39 is 0 Å². The first-order valence-corrected chi connectivity index (χ1v) is 5.53. The fourth-order valence-electron chi connectivity index (χ4n) is 1.34. The lowest BCUT2D eigenvalue weighted by atomic mass is 10.1. The molecule has 0 bridgehead atoms. The van der Waals surface area contributed by atoms with Crippen LogP contribution in [-0.4, -0.2) is 6.29 Å². The van der Waals surface area contributed by atoms with Crippen LogP contribution in [0.4, 0.5) is 0 Å². The average molecular weight is 212 g/mol. The number of benzene rings is 1. The standard InChI is InChI=1S/C15H16O/c16-14-10-5-3-1-2-4-7-11-15-12-8-6-9-13-15/h5-6,8-10,12-14H,1,3,7,11H2. The first kappa shape index (κ1) is 12.3. The Balaban J connectivity index is 2.13. The van der Waals surface area contributed by atoms with Crippen LogP contribution in [0.3, 0.4) is 0 Å². The number of carbonyl (C=O) groups is 1. The Hall–Kier alpha value is -1.81. The molecule has 0 heterocycles. The van der Waals surface area contributed by atoms with Crippen LogP contribution in [0.1, 0.15) is 24.8 Å². The van der Waals surface area contributed by atoms with E-state index >= 15 is 0 Å². The second-order valence-corrected chi connectivity index (χ2v) is 3.44. The van der Waals surface area contributed by atoms with Gasteiger partial charge in [-0.25, -0.2) is 0 Å². The fourth-order valence-corrected chi connectivity index (χ4v) is 1.34. The van der Waals surface area contributed by atoms with E-state index in [1.165, 1.54) is 11.6 Å². The highest BCUT2D eigenvalue weighted by molar-refractivity contribution is 5.64. The SMILES string of the molecule is O=CC=CCCC#CCCc1ccccc1. The van der Waals surface area contributed by atoms with Crippen LogP contribution in [-0.2, 0) is 11.2 Å². The summed E-state index contributed by atoms with van der Waals surface area (Å²) in [7, 11) is 0. The van der Waals surface area contributed by atoms with Crippen molar-refractivity contribution >= 4 is 6.29 Å². The van der Waals surface area contributed by atoms with Crippen molar-refractivity contribution < 1.29 is 4.79 Å². The summed E-state index contributed by atoms with van der Waals surface area (Å²) in [6.45, 7) is 0. The van der Waals surface area contributed by atoms with Gasteiger partial charge >= 0.3 is 0 Å². The topological polar surface area (TPSA) is 17.1 Å². The highest BCUT2D eigenvalue weighted by atomic mass is 16.1. The maximum atomic E-state index is 9.97. The molecule has 1 nitrogen and oxygen atoms in total. The third-order valence-corrected chi connectivity index (χ3v) is 2.16. The lowest BCUT2D eigenvalue weighted by Crippen LogP contribution is -1.81. The molecule has 0 aliphatic rings. The molecular formula is C15H16O. The van der Waals surface area contributed by atoms with Gasteiger partial charge in [-0.1, -0.05) is 36.4 Å². The molecule has 0 aliphatic carbocycles. The number of aryl methyl sites for hydroxylation is 1. The molecule has 1 aromatic carbocycles. The molecule has 0 saturated carbocycles. The quantitative estimate of drug-likeness (QED) is 0.317. The van der Waals surface area contributed by atoms with Crippen molar-refractivity contribution in [1.82, 2.24) is 0 Å². The van der Waals surface area contributed by atoms with Crippen molar-refractivity contribution in [2.24, 2.45) is 0 Å². The molecule has 0 fully saturated rings. The maximum Gasteiger partial charge on any atom is 0.142 e. The molecule has 1 rings (SSSR count). The van der Waals surface area contributed by atoms with Gasteiger partial charge in [-0.15, -0.1) is 11.8 Å². The van der Waals surface area contributed by atoms with Crippen LogP contribution in [0, 0.1) is 11.8 Å². The molecule has 0 atom stereocenters. The van der Waals surface area contributed by atoms with Gasteiger partial charge in [-0.3, -0.25) is 4.79 Å². The monoisotopic (exact) mass is 212 g/mol. The van der Waals surface area contributed by atoms with Crippen molar-refractivity contribution in [2.45, 2.75) is 25.7 Å². The molecule has 0 aromatic heterocycles. The zero-order valence-electron chi connectivity index (χ0n) is 9.36. The van der Waals surface area contributed by atoms with E-state index in [1.807, 2.05) is 24.3 Å². The zero-order valence-corrected chi connectivity index (χ0v) is 9.36. The predicted molar refractivity (Wildman–Crippen MR) is 67.0 cm³/mol. The van der Waals surface area contributed by atoms with Gasteiger partial charge < -0.3 is 0 Å². The van der Waals surface area contributed by atoms with Gasteiger partial charge in [0, 0.05) is 12.8 Å².